The van der Waals surface area contributed by atoms with Crippen LogP contribution in [0.5, 0.6) is 0 Å². The van der Waals surface area contributed by atoms with Crippen LogP contribution in [0.15, 0.2) is 54.6 Å². The minimum absolute atomic E-state index is 0.0281. The molecule has 0 radical (unpaired) electrons. The van der Waals surface area contributed by atoms with Crippen LogP contribution >= 0.6 is 11.6 Å². The number of nitrogens with zero attached hydrogens (tertiary/aromatic N) is 3. The Balaban J connectivity index is 1.76. The first-order chi connectivity index (χ1) is 14.3. The predicted octanol–water partition coefficient (Wildman–Crippen LogP) is 4.57. The fourth-order valence-corrected chi connectivity index (χ4v) is 3.42. The lowest BCUT2D eigenvalue weighted by Gasteiger charge is -2.26. The molecule has 0 fully saturated rings. The van der Waals surface area contributed by atoms with Crippen LogP contribution in [0.1, 0.15) is 29.9 Å². The summed E-state index contributed by atoms with van der Waals surface area (Å²) in [6.07, 6.45) is 0. The molecule has 0 saturated heterocycles. The second-order valence-corrected chi connectivity index (χ2v) is 7.27. The molecule has 0 aliphatic carbocycles. The average Bonchev–Trinajstić information content (AvgIpc) is 3.01. The zero-order chi connectivity index (χ0) is 21.8. The highest BCUT2D eigenvalue weighted by Crippen LogP contribution is 2.25. The third kappa shape index (κ3) is 4.52. The van der Waals surface area contributed by atoms with Gasteiger partial charge in [0.2, 0.25) is 0 Å². The van der Waals surface area contributed by atoms with Gasteiger partial charge in [0.1, 0.15) is 16.5 Å². The summed E-state index contributed by atoms with van der Waals surface area (Å²) in [5, 5.41) is 4.26. The second-order valence-electron chi connectivity index (χ2n) is 6.91. The van der Waals surface area contributed by atoms with Crippen molar-refractivity contribution in [3.8, 4) is 5.69 Å². The van der Waals surface area contributed by atoms with Gasteiger partial charge in [-0.05, 0) is 57.2 Å². The molecular formula is C22H21ClFN3O3. The number of aryl methyl sites for hydroxylation is 1. The van der Waals surface area contributed by atoms with Gasteiger partial charge in [-0.1, -0.05) is 29.8 Å². The van der Waals surface area contributed by atoms with E-state index in [0.29, 0.717) is 17.1 Å². The Bertz CT molecular complexity index is 1050. The van der Waals surface area contributed by atoms with Crippen molar-refractivity contribution in [3.63, 3.8) is 0 Å². The van der Waals surface area contributed by atoms with E-state index in [4.69, 9.17) is 16.3 Å². The van der Waals surface area contributed by atoms with E-state index in [-0.39, 0.29) is 22.7 Å². The number of para-hydroxylation sites is 1. The molecule has 0 N–H and O–H groups in total. The van der Waals surface area contributed by atoms with Crippen molar-refractivity contribution in [2.75, 3.05) is 11.5 Å². The summed E-state index contributed by atoms with van der Waals surface area (Å²) in [7, 11) is 0. The standard InChI is InChI=1S/C22H21ClFN3O3/c1-14(2)26(17-7-5-4-6-8-17)19(28)13-30-22(29)20-15(3)25-27(21(20)23)18-11-9-16(24)10-12-18/h4-12,14H,13H2,1-3H3. The van der Waals surface area contributed by atoms with Gasteiger partial charge in [0, 0.05) is 11.7 Å². The fourth-order valence-electron chi connectivity index (χ4n) is 3.07. The van der Waals surface area contributed by atoms with Gasteiger partial charge in [0.25, 0.3) is 5.91 Å². The molecule has 0 aliphatic rings. The molecule has 6 nitrogen and oxygen atoms in total. The molecule has 1 amide bonds. The molecule has 0 spiro atoms. The number of ether oxygens (including phenoxy) is 1. The maximum Gasteiger partial charge on any atom is 0.343 e. The van der Waals surface area contributed by atoms with Crippen LogP contribution < -0.4 is 4.90 Å². The van der Waals surface area contributed by atoms with E-state index in [9.17, 15) is 14.0 Å². The molecule has 0 bridgehead atoms. The third-order valence-electron chi connectivity index (χ3n) is 4.43. The number of carbonyl (C=O) groups excluding carboxylic acids is 2. The lowest BCUT2D eigenvalue weighted by atomic mass is 10.2. The quantitative estimate of drug-likeness (QED) is 0.538. The van der Waals surface area contributed by atoms with Crippen LogP contribution in [-0.4, -0.2) is 34.3 Å². The van der Waals surface area contributed by atoms with E-state index in [1.54, 1.807) is 11.8 Å². The Morgan fingerprint density at radius 1 is 1.13 bits per heavy atom. The molecule has 0 atom stereocenters. The highest BCUT2D eigenvalue weighted by atomic mass is 35.5. The van der Waals surface area contributed by atoms with Crippen molar-refractivity contribution in [2.24, 2.45) is 0 Å². The molecule has 3 rings (SSSR count). The number of hydrogen-bond donors (Lipinski definition) is 0. The van der Waals surface area contributed by atoms with Crippen molar-refractivity contribution in [1.82, 2.24) is 9.78 Å². The highest BCUT2D eigenvalue weighted by molar-refractivity contribution is 6.33. The number of rotatable bonds is 6. The third-order valence-corrected chi connectivity index (χ3v) is 4.77. The molecule has 1 aromatic heterocycles. The van der Waals surface area contributed by atoms with Crippen LogP contribution in [0, 0.1) is 12.7 Å². The number of esters is 1. The molecule has 0 saturated carbocycles. The number of aromatic nitrogens is 2. The zero-order valence-electron chi connectivity index (χ0n) is 16.8. The number of halogens is 2. The van der Waals surface area contributed by atoms with Gasteiger partial charge in [-0.3, -0.25) is 4.79 Å². The van der Waals surface area contributed by atoms with Gasteiger partial charge >= 0.3 is 5.97 Å². The lowest BCUT2D eigenvalue weighted by molar-refractivity contribution is -0.122. The van der Waals surface area contributed by atoms with E-state index in [2.05, 4.69) is 5.10 Å². The van der Waals surface area contributed by atoms with E-state index < -0.39 is 18.4 Å². The van der Waals surface area contributed by atoms with E-state index in [1.165, 1.54) is 28.9 Å². The Hall–Kier alpha value is -3.19. The van der Waals surface area contributed by atoms with Crippen molar-refractivity contribution in [2.45, 2.75) is 26.8 Å². The Morgan fingerprint density at radius 3 is 2.37 bits per heavy atom. The van der Waals surface area contributed by atoms with Gasteiger partial charge < -0.3 is 9.64 Å². The Kier molecular flexibility index (Phi) is 6.52. The van der Waals surface area contributed by atoms with Crippen LogP contribution in [0.4, 0.5) is 10.1 Å². The summed E-state index contributed by atoms with van der Waals surface area (Å²) in [4.78, 5) is 26.9. The minimum Gasteiger partial charge on any atom is -0.452 e. The summed E-state index contributed by atoms with van der Waals surface area (Å²) in [6.45, 7) is 4.92. The molecule has 156 valence electrons. The first kappa shape index (κ1) is 21.5. The first-order valence-corrected chi connectivity index (χ1v) is 9.72. The summed E-state index contributed by atoms with van der Waals surface area (Å²) in [5.41, 5.74) is 1.61. The van der Waals surface area contributed by atoms with Gasteiger partial charge in [0.15, 0.2) is 6.61 Å². The van der Waals surface area contributed by atoms with Crippen molar-refractivity contribution in [1.29, 1.82) is 0 Å². The van der Waals surface area contributed by atoms with E-state index in [0.717, 1.165) is 0 Å². The Labute approximate surface area is 178 Å². The van der Waals surface area contributed by atoms with Gasteiger partial charge in [-0.2, -0.15) is 5.10 Å². The summed E-state index contributed by atoms with van der Waals surface area (Å²) < 4.78 is 19.7. The predicted molar refractivity (Wildman–Crippen MR) is 113 cm³/mol. The smallest absolute Gasteiger partial charge is 0.343 e. The molecule has 2 aromatic carbocycles. The number of carbonyl (C=O) groups is 2. The minimum atomic E-state index is -0.754. The van der Waals surface area contributed by atoms with E-state index >= 15 is 0 Å². The maximum absolute atomic E-state index is 13.2. The maximum atomic E-state index is 13.2. The number of hydrogen-bond acceptors (Lipinski definition) is 4. The average molecular weight is 430 g/mol. The molecule has 1 heterocycles. The largest absolute Gasteiger partial charge is 0.452 e. The lowest BCUT2D eigenvalue weighted by Crippen LogP contribution is -2.39. The SMILES string of the molecule is Cc1nn(-c2ccc(F)cc2)c(Cl)c1C(=O)OCC(=O)N(c1ccccc1)C(C)C. The van der Waals surface area contributed by atoms with Gasteiger partial charge in [0.05, 0.1) is 11.4 Å². The molecule has 0 aliphatic heterocycles. The number of anilines is 1. The number of benzene rings is 2. The first-order valence-electron chi connectivity index (χ1n) is 9.35. The Morgan fingerprint density at radius 2 is 1.77 bits per heavy atom. The van der Waals surface area contributed by atoms with Crippen molar-refractivity contribution in [3.05, 3.63) is 76.8 Å². The summed E-state index contributed by atoms with van der Waals surface area (Å²) in [6, 6.07) is 14.5. The zero-order valence-corrected chi connectivity index (χ0v) is 17.6. The topological polar surface area (TPSA) is 64.4 Å². The fraction of sp³-hybridized carbons (Fsp3) is 0.227. The van der Waals surface area contributed by atoms with Gasteiger partial charge in [-0.25, -0.2) is 13.9 Å². The number of amides is 1. The van der Waals surface area contributed by atoms with Crippen molar-refractivity contribution >= 4 is 29.2 Å². The normalized spacial score (nSPS) is 10.9. The van der Waals surface area contributed by atoms with E-state index in [1.807, 2.05) is 44.2 Å². The van der Waals surface area contributed by atoms with Crippen LogP contribution in [0.25, 0.3) is 5.69 Å². The molecule has 8 heteroatoms. The molecular weight excluding hydrogens is 409 g/mol. The van der Waals surface area contributed by atoms with Crippen molar-refractivity contribution < 1.29 is 18.7 Å². The van der Waals surface area contributed by atoms with Gasteiger partial charge in [-0.15, -0.1) is 0 Å². The summed E-state index contributed by atoms with van der Waals surface area (Å²) in [5.74, 6) is -1.51. The molecule has 3 aromatic rings. The second kappa shape index (κ2) is 9.09. The van der Waals surface area contributed by atoms with Crippen LogP contribution in [0.2, 0.25) is 5.15 Å². The summed E-state index contributed by atoms with van der Waals surface area (Å²) >= 11 is 6.33. The molecule has 30 heavy (non-hydrogen) atoms. The van der Waals surface area contributed by atoms with Crippen LogP contribution in [0.3, 0.4) is 0 Å². The van der Waals surface area contributed by atoms with Crippen LogP contribution in [-0.2, 0) is 9.53 Å². The highest BCUT2D eigenvalue weighted by Gasteiger charge is 2.25. The molecule has 0 unspecified atom stereocenters. The monoisotopic (exact) mass is 429 g/mol.